The van der Waals surface area contributed by atoms with Gasteiger partial charge in [0.1, 0.15) is 6.17 Å². The summed E-state index contributed by atoms with van der Waals surface area (Å²) in [6.45, 7) is 3.62. The van der Waals surface area contributed by atoms with Crippen LogP contribution in [-0.4, -0.2) is 80.8 Å². The number of nitrogens with zero attached hydrogens (tertiary/aromatic N) is 1. The quantitative estimate of drug-likeness (QED) is 0.397. The number of piperidine rings is 1. The van der Waals surface area contributed by atoms with E-state index < -0.39 is 6.17 Å². The highest BCUT2D eigenvalue weighted by molar-refractivity contribution is 5.79. The second-order valence-corrected chi connectivity index (χ2v) is 11.0. The molecule has 0 spiro atoms. The van der Waals surface area contributed by atoms with Crippen LogP contribution in [0.4, 0.5) is 4.39 Å². The third-order valence-electron chi connectivity index (χ3n) is 8.92. The number of carbonyl (C=O) groups is 1. The van der Waals surface area contributed by atoms with Gasteiger partial charge in [-0.1, -0.05) is 6.42 Å². The largest absolute Gasteiger partial charge is 0.376 e. The number of amides is 1. The molecule has 2 saturated carbocycles. The summed E-state index contributed by atoms with van der Waals surface area (Å²) in [7, 11) is 2.20. The van der Waals surface area contributed by atoms with Gasteiger partial charge in [0, 0.05) is 30.8 Å². The lowest BCUT2D eigenvalue weighted by molar-refractivity contribution is -0.127. The molecule has 5 rings (SSSR count). The molecule has 0 aromatic carbocycles. The van der Waals surface area contributed by atoms with Crippen molar-refractivity contribution in [3.05, 3.63) is 0 Å². The molecule has 8 nitrogen and oxygen atoms in total. The van der Waals surface area contributed by atoms with Crippen LogP contribution in [0, 0.1) is 17.8 Å². The summed E-state index contributed by atoms with van der Waals surface area (Å²) in [5.74, 6) is 1.18. The third kappa shape index (κ3) is 5.54. The number of alkyl halides is 1. The fourth-order valence-corrected chi connectivity index (χ4v) is 6.83. The monoisotopic (exact) mass is 466 g/mol. The van der Waals surface area contributed by atoms with Gasteiger partial charge in [0.25, 0.3) is 0 Å². The minimum absolute atomic E-state index is 0.0157. The van der Waals surface area contributed by atoms with Crippen molar-refractivity contribution in [2.75, 3.05) is 33.3 Å². The van der Waals surface area contributed by atoms with E-state index >= 15 is 0 Å². The first-order valence-electron chi connectivity index (χ1n) is 13.3. The average molecular weight is 467 g/mol. The van der Waals surface area contributed by atoms with E-state index in [0.717, 1.165) is 51.7 Å². The van der Waals surface area contributed by atoms with Crippen LogP contribution in [0.25, 0.3) is 0 Å². The van der Waals surface area contributed by atoms with Gasteiger partial charge < -0.3 is 20.7 Å². The van der Waals surface area contributed by atoms with Crippen LogP contribution in [0.5, 0.6) is 0 Å². The predicted molar refractivity (Wildman–Crippen MR) is 125 cm³/mol. The molecule has 188 valence electrons. The molecule has 0 aromatic rings. The van der Waals surface area contributed by atoms with Crippen molar-refractivity contribution in [3.8, 4) is 0 Å². The Kier molecular flexibility index (Phi) is 7.84. The lowest BCUT2D eigenvalue weighted by Gasteiger charge is -2.34. The standard InChI is InChI=1S/C24H43FN6O2/c1-31-22(29-30-23(31)15-7-9-26-10-8-15)13-27-18-4-2-3-16(11-18)24(32)28-20-14-33-21-12-17(25)5-6-19(20)21/h15-23,26-27,29-30H,2-14H2,1H3,(H,28,32)/t16?,17?,18?,19?,20-,21?,22?,23?/m1/s1. The van der Waals surface area contributed by atoms with Crippen LogP contribution in [0.1, 0.15) is 57.8 Å². The normalized spacial score (nSPS) is 42.8. The third-order valence-corrected chi connectivity index (χ3v) is 8.92. The van der Waals surface area contributed by atoms with Gasteiger partial charge in [-0.2, -0.15) is 0 Å². The van der Waals surface area contributed by atoms with Crippen LogP contribution in [0.2, 0.25) is 0 Å². The Labute approximate surface area is 197 Å². The predicted octanol–water partition coefficient (Wildman–Crippen LogP) is 0.848. The number of fused-ring (bicyclic) bond motifs is 1. The minimum Gasteiger partial charge on any atom is -0.376 e. The number of hydrogen-bond acceptors (Lipinski definition) is 7. The molecule has 5 fully saturated rings. The molecule has 0 bridgehead atoms. The molecule has 8 atom stereocenters. The molecule has 3 saturated heterocycles. The minimum atomic E-state index is -0.746. The average Bonchev–Trinajstić information content (AvgIpc) is 3.41. The molecule has 0 aromatic heterocycles. The van der Waals surface area contributed by atoms with Crippen LogP contribution in [0.3, 0.4) is 0 Å². The smallest absolute Gasteiger partial charge is 0.223 e. The zero-order valence-corrected chi connectivity index (χ0v) is 20.0. The molecule has 7 unspecified atom stereocenters. The number of rotatable bonds is 6. The molecule has 5 aliphatic rings. The van der Waals surface area contributed by atoms with Gasteiger partial charge in [-0.05, 0) is 71.0 Å². The number of ether oxygens (including phenoxy) is 1. The van der Waals surface area contributed by atoms with Gasteiger partial charge in [0.2, 0.25) is 5.91 Å². The zero-order chi connectivity index (χ0) is 22.8. The van der Waals surface area contributed by atoms with Crippen molar-refractivity contribution in [1.29, 1.82) is 0 Å². The Morgan fingerprint density at radius 2 is 1.94 bits per heavy atom. The van der Waals surface area contributed by atoms with Crippen molar-refractivity contribution in [1.82, 2.24) is 31.7 Å². The van der Waals surface area contributed by atoms with E-state index in [4.69, 9.17) is 4.74 Å². The Morgan fingerprint density at radius 3 is 2.79 bits per heavy atom. The van der Waals surface area contributed by atoms with Gasteiger partial charge in [-0.3, -0.25) is 9.69 Å². The lowest BCUT2D eigenvalue weighted by Crippen LogP contribution is -2.50. The van der Waals surface area contributed by atoms with Crippen molar-refractivity contribution < 1.29 is 13.9 Å². The fraction of sp³-hybridized carbons (Fsp3) is 0.958. The van der Waals surface area contributed by atoms with Gasteiger partial charge in [0.05, 0.1) is 31.1 Å². The van der Waals surface area contributed by atoms with Gasteiger partial charge >= 0.3 is 0 Å². The van der Waals surface area contributed by atoms with E-state index in [9.17, 15) is 9.18 Å². The van der Waals surface area contributed by atoms with Crippen molar-refractivity contribution in [2.45, 2.75) is 94.5 Å². The Hall–Kier alpha value is -0.840. The van der Waals surface area contributed by atoms with E-state index in [1.54, 1.807) is 0 Å². The first-order chi connectivity index (χ1) is 16.1. The maximum atomic E-state index is 13.7. The molecule has 3 heterocycles. The first kappa shape index (κ1) is 23.9. The van der Waals surface area contributed by atoms with Gasteiger partial charge in [-0.15, -0.1) is 0 Å². The molecule has 5 N–H and O–H groups in total. The molecule has 33 heavy (non-hydrogen) atoms. The summed E-state index contributed by atoms with van der Waals surface area (Å²) in [6, 6.07) is 0.426. The lowest BCUT2D eigenvalue weighted by atomic mass is 9.81. The molecule has 1 amide bonds. The summed E-state index contributed by atoms with van der Waals surface area (Å²) in [4.78, 5) is 15.5. The van der Waals surface area contributed by atoms with Crippen molar-refractivity contribution in [2.24, 2.45) is 17.8 Å². The van der Waals surface area contributed by atoms with E-state index in [1.165, 1.54) is 12.8 Å². The summed E-state index contributed by atoms with van der Waals surface area (Å²) >= 11 is 0. The molecular formula is C24H43FN6O2. The van der Waals surface area contributed by atoms with E-state index in [2.05, 4.69) is 38.7 Å². The van der Waals surface area contributed by atoms with Gasteiger partial charge in [-0.25, -0.2) is 15.2 Å². The summed E-state index contributed by atoms with van der Waals surface area (Å²) < 4.78 is 19.5. The second-order valence-electron chi connectivity index (χ2n) is 11.0. The van der Waals surface area contributed by atoms with Crippen LogP contribution in [-0.2, 0) is 9.53 Å². The maximum Gasteiger partial charge on any atom is 0.223 e. The van der Waals surface area contributed by atoms with Crippen molar-refractivity contribution >= 4 is 5.91 Å². The first-order valence-corrected chi connectivity index (χ1v) is 13.3. The van der Waals surface area contributed by atoms with E-state index in [-0.39, 0.29) is 36.1 Å². The summed E-state index contributed by atoms with van der Waals surface area (Å²) in [5, 5.41) is 10.5. The number of likely N-dealkylation sites (N-methyl/N-ethyl adjacent to an activating group) is 1. The Morgan fingerprint density at radius 1 is 1.09 bits per heavy atom. The maximum absolute atomic E-state index is 13.7. The Balaban J connectivity index is 1.06. The number of nitrogens with one attached hydrogen (secondary N) is 5. The Bertz CT molecular complexity index is 665. The summed E-state index contributed by atoms with van der Waals surface area (Å²) in [5.41, 5.74) is 6.99. The number of halogens is 1. The SMILES string of the molecule is CN1C(CNC2CCCC(C(=O)N[C@@H]3COC4CC(F)CCC43)C2)NNC1C1CCNCC1. The molecule has 0 radical (unpaired) electrons. The fourth-order valence-electron chi connectivity index (χ4n) is 6.83. The van der Waals surface area contributed by atoms with E-state index in [1.807, 2.05) is 0 Å². The second kappa shape index (κ2) is 10.8. The van der Waals surface area contributed by atoms with Gasteiger partial charge in [0.15, 0.2) is 0 Å². The molecule has 9 heteroatoms. The molecule has 3 aliphatic heterocycles. The number of hydrogen-bond donors (Lipinski definition) is 5. The van der Waals surface area contributed by atoms with E-state index in [0.29, 0.717) is 37.6 Å². The van der Waals surface area contributed by atoms with Crippen molar-refractivity contribution in [3.63, 3.8) is 0 Å². The molecule has 2 aliphatic carbocycles. The highest BCUT2D eigenvalue weighted by Crippen LogP contribution is 2.36. The van der Waals surface area contributed by atoms with Crippen LogP contribution >= 0.6 is 0 Å². The topological polar surface area (TPSA) is 89.7 Å². The summed E-state index contributed by atoms with van der Waals surface area (Å²) in [6.07, 6.45) is 8.27. The highest BCUT2D eigenvalue weighted by Gasteiger charge is 2.43. The highest BCUT2D eigenvalue weighted by atomic mass is 19.1. The molecular weight excluding hydrogens is 423 g/mol. The number of carbonyl (C=O) groups excluding carboxylic acids is 1. The zero-order valence-electron chi connectivity index (χ0n) is 20.0. The number of hydrazine groups is 1. The van der Waals surface area contributed by atoms with Crippen LogP contribution in [0.15, 0.2) is 0 Å². The van der Waals surface area contributed by atoms with Crippen LogP contribution < -0.4 is 26.8 Å².